The van der Waals surface area contributed by atoms with Crippen molar-refractivity contribution in [2.45, 2.75) is 33.5 Å². The Balaban J connectivity index is 1.32. The number of hydrogen-bond donors (Lipinski definition) is 1. The number of carboxylic acids is 1. The minimum atomic E-state index is -0.990. The standard InChI is InChI=1S/C29H28FN3O4/c1-20-16-25(31-33(20)26-6-4-3-5-7-26)19-36-27-14-10-22(11-15-27)17-28(29(34)35)21(2)32-37-18-23-8-12-24(30)13-9-23/h3-16,28H,17-19H2,1-2H3,(H,34,35)/b32-21+. The Kier molecular flexibility index (Phi) is 8.30. The van der Waals surface area contributed by atoms with Gasteiger partial charge < -0.3 is 14.7 Å². The monoisotopic (exact) mass is 501 g/mol. The van der Waals surface area contributed by atoms with Crippen molar-refractivity contribution < 1.29 is 23.9 Å². The summed E-state index contributed by atoms with van der Waals surface area (Å²) in [6.07, 6.45) is 0.255. The molecule has 7 nitrogen and oxygen atoms in total. The topological polar surface area (TPSA) is 85.9 Å². The smallest absolute Gasteiger partial charge is 0.312 e. The van der Waals surface area contributed by atoms with E-state index < -0.39 is 11.9 Å². The summed E-state index contributed by atoms with van der Waals surface area (Å²) < 4.78 is 20.8. The van der Waals surface area contributed by atoms with Crippen LogP contribution in [0.25, 0.3) is 5.69 Å². The highest BCUT2D eigenvalue weighted by molar-refractivity contribution is 6.00. The lowest BCUT2D eigenvalue weighted by molar-refractivity contribution is -0.139. The Bertz CT molecular complexity index is 1350. The molecule has 0 aliphatic rings. The van der Waals surface area contributed by atoms with Crippen LogP contribution in [0.15, 0.2) is 90.1 Å². The number of carbonyl (C=O) groups is 1. The number of ether oxygens (including phenoxy) is 1. The van der Waals surface area contributed by atoms with Crippen LogP contribution in [-0.4, -0.2) is 26.6 Å². The van der Waals surface area contributed by atoms with Gasteiger partial charge in [0.2, 0.25) is 0 Å². The van der Waals surface area contributed by atoms with Crippen molar-refractivity contribution in [2.75, 3.05) is 0 Å². The molecule has 0 radical (unpaired) electrons. The van der Waals surface area contributed by atoms with Crippen LogP contribution in [0, 0.1) is 18.7 Å². The number of hydrogen-bond acceptors (Lipinski definition) is 5. The first kappa shape index (κ1) is 25.6. The fraction of sp³-hybridized carbons (Fsp3) is 0.207. The van der Waals surface area contributed by atoms with Gasteiger partial charge in [0, 0.05) is 5.69 Å². The van der Waals surface area contributed by atoms with Crippen LogP contribution < -0.4 is 4.74 Å². The maximum absolute atomic E-state index is 13.0. The van der Waals surface area contributed by atoms with E-state index in [0.717, 1.165) is 28.2 Å². The number of para-hydroxylation sites is 1. The van der Waals surface area contributed by atoms with Gasteiger partial charge in [-0.25, -0.2) is 9.07 Å². The zero-order valence-corrected chi connectivity index (χ0v) is 20.7. The zero-order valence-electron chi connectivity index (χ0n) is 20.7. The Labute approximate surface area is 214 Å². The molecule has 0 saturated carbocycles. The maximum atomic E-state index is 13.0. The number of benzene rings is 3. The van der Waals surface area contributed by atoms with Crippen LogP contribution in [0.1, 0.15) is 29.4 Å². The molecule has 4 rings (SSSR count). The van der Waals surface area contributed by atoms with E-state index in [1.54, 1.807) is 19.1 Å². The van der Waals surface area contributed by atoms with Crippen molar-refractivity contribution in [3.05, 3.63) is 113 Å². The van der Waals surface area contributed by atoms with Gasteiger partial charge in [-0.2, -0.15) is 5.10 Å². The predicted octanol–water partition coefficient (Wildman–Crippen LogP) is 5.73. The van der Waals surface area contributed by atoms with Gasteiger partial charge in [0.25, 0.3) is 0 Å². The average Bonchev–Trinajstić information content (AvgIpc) is 3.28. The van der Waals surface area contributed by atoms with E-state index >= 15 is 0 Å². The van der Waals surface area contributed by atoms with Crippen molar-refractivity contribution in [3.8, 4) is 11.4 Å². The molecule has 37 heavy (non-hydrogen) atoms. The van der Waals surface area contributed by atoms with Gasteiger partial charge in [-0.3, -0.25) is 4.79 Å². The van der Waals surface area contributed by atoms with E-state index in [4.69, 9.17) is 9.57 Å². The molecule has 0 spiro atoms. The molecule has 0 amide bonds. The number of aromatic nitrogens is 2. The number of aliphatic carboxylic acids is 1. The van der Waals surface area contributed by atoms with Gasteiger partial charge >= 0.3 is 5.97 Å². The Morgan fingerprint density at radius 2 is 1.68 bits per heavy atom. The lowest BCUT2D eigenvalue weighted by atomic mass is 9.95. The van der Waals surface area contributed by atoms with E-state index in [1.165, 1.54) is 12.1 Å². The zero-order chi connectivity index (χ0) is 26.2. The number of carboxylic acid groups (broad SMARTS) is 1. The summed E-state index contributed by atoms with van der Waals surface area (Å²) in [6.45, 7) is 4.06. The molecule has 190 valence electrons. The van der Waals surface area contributed by atoms with Gasteiger partial charge in [0.15, 0.2) is 0 Å². The highest BCUT2D eigenvalue weighted by atomic mass is 19.1. The molecule has 4 aromatic rings. The van der Waals surface area contributed by atoms with Gasteiger partial charge in [0.1, 0.15) is 36.4 Å². The number of halogens is 1. The summed E-state index contributed by atoms with van der Waals surface area (Å²) in [5.41, 5.74) is 4.73. The minimum Gasteiger partial charge on any atom is -0.487 e. The molecule has 1 atom stereocenters. The summed E-state index contributed by atoms with van der Waals surface area (Å²) in [7, 11) is 0. The van der Waals surface area contributed by atoms with Crippen LogP contribution in [0.4, 0.5) is 4.39 Å². The summed E-state index contributed by atoms with van der Waals surface area (Å²) in [5, 5.41) is 18.3. The second kappa shape index (κ2) is 12.0. The molecule has 0 aliphatic carbocycles. The molecular weight excluding hydrogens is 473 g/mol. The number of rotatable bonds is 11. The molecule has 1 N–H and O–H groups in total. The lowest BCUT2D eigenvalue weighted by Crippen LogP contribution is -2.24. The van der Waals surface area contributed by atoms with Crippen LogP contribution in [0.2, 0.25) is 0 Å². The third-order valence-electron chi connectivity index (χ3n) is 5.84. The third-order valence-corrected chi connectivity index (χ3v) is 5.84. The fourth-order valence-electron chi connectivity index (χ4n) is 3.82. The second-order valence-electron chi connectivity index (χ2n) is 8.68. The molecule has 8 heteroatoms. The maximum Gasteiger partial charge on any atom is 0.312 e. The number of aryl methyl sites for hydroxylation is 1. The molecule has 0 fully saturated rings. The summed E-state index contributed by atoms with van der Waals surface area (Å²) in [5.74, 6) is -1.50. The summed E-state index contributed by atoms with van der Waals surface area (Å²) in [4.78, 5) is 17.2. The van der Waals surface area contributed by atoms with E-state index in [9.17, 15) is 14.3 Å². The largest absolute Gasteiger partial charge is 0.487 e. The van der Waals surface area contributed by atoms with Crippen molar-refractivity contribution in [1.82, 2.24) is 9.78 Å². The average molecular weight is 502 g/mol. The highest BCUT2D eigenvalue weighted by Gasteiger charge is 2.22. The molecule has 0 saturated heterocycles. The van der Waals surface area contributed by atoms with E-state index in [1.807, 2.05) is 72.3 Å². The SMILES string of the molecule is C/C(=N\OCc1ccc(F)cc1)C(Cc1ccc(OCc2cc(C)n(-c3ccccc3)n2)cc1)C(=O)O. The van der Waals surface area contributed by atoms with Crippen LogP contribution in [0.5, 0.6) is 5.75 Å². The molecule has 1 aromatic heterocycles. The Morgan fingerprint density at radius 1 is 1.00 bits per heavy atom. The molecule has 0 aliphatic heterocycles. The van der Waals surface area contributed by atoms with E-state index in [2.05, 4.69) is 10.3 Å². The number of oxime groups is 1. The first-order chi connectivity index (χ1) is 17.9. The van der Waals surface area contributed by atoms with Crippen molar-refractivity contribution >= 4 is 11.7 Å². The molecule has 1 unspecified atom stereocenters. The van der Waals surface area contributed by atoms with Gasteiger partial charge in [-0.1, -0.05) is 47.6 Å². The summed E-state index contributed by atoms with van der Waals surface area (Å²) in [6, 6.07) is 25.0. The van der Waals surface area contributed by atoms with Crippen molar-refractivity contribution in [2.24, 2.45) is 11.1 Å². The first-order valence-electron chi connectivity index (χ1n) is 11.9. The third kappa shape index (κ3) is 7.04. The van der Waals surface area contributed by atoms with Gasteiger partial charge in [-0.05, 0) is 73.9 Å². The van der Waals surface area contributed by atoms with Gasteiger partial charge in [-0.15, -0.1) is 0 Å². The lowest BCUT2D eigenvalue weighted by Gasteiger charge is -2.13. The fourth-order valence-corrected chi connectivity index (χ4v) is 3.82. The van der Waals surface area contributed by atoms with Crippen molar-refractivity contribution in [3.63, 3.8) is 0 Å². The Hall–Kier alpha value is -4.46. The van der Waals surface area contributed by atoms with Crippen LogP contribution in [-0.2, 0) is 29.3 Å². The quantitative estimate of drug-likeness (QED) is 0.209. The summed E-state index contributed by atoms with van der Waals surface area (Å²) >= 11 is 0. The second-order valence-corrected chi connectivity index (χ2v) is 8.68. The number of nitrogens with zero attached hydrogens (tertiary/aromatic N) is 3. The minimum absolute atomic E-state index is 0.124. The molecule has 1 heterocycles. The van der Waals surface area contributed by atoms with E-state index in [0.29, 0.717) is 18.1 Å². The molecule has 3 aromatic carbocycles. The van der Waals surface area contributed by atoms with Crippen molar-refractivity contribution in [1.29, 1.82) is 0 Å². The van der Waals surface area contributed by atoms with E-state index in [-0.39, 0.29) is 18.8 Å². The van der Waals surface area contributed by atoms with Crippen LogP contribution >= 0.6 is 0 Å². The molecular formula is C29H28FN3O4. The highest BCUT2D eigenvalue weighted by Crippen LogP contribution is 2.19. The van der Waals surface area contributed by atoms with Gasteiger partial charge in [0.05, 0.1) is 11.4 Å². The molecule has 0 bridgehead atoms. The Morgan fingerprint density at radius 3 is 2.35 bits per heavy atom. The predicted molar refractivity (Wildman–Crippen MR) is 138 cm³/mol. The first-order valence-corrected chi connectivity index (χ1v) is 11.9. The normalized spacial score (nSPS) is 12.2. The van der Waals surface area contributed by atoms with Crippen LogP contribution in [0.3, 0.4) is 0 Å².